The van der Waals surface area contributed by atoms with Crippen molar-refractivity contribution in [2.24, 2.45) is 0 Å². The Labute approximate surface area is 175 Å². The highest BCUT2D eigenvalue weighted by Crippen LogP contribution is 2.36. The highest BCUT2D eigenvalue weighted by atomic mass is 79.9. The van der Waals surface area contributed by atoms with Crippen molar-refractivity contribution < 1.29 is 40.7 Å². The summed E-state index contributed by atoms with van der Waals surface area (Å²) in [5, 5.41) is 2.15. The molecule has 0 saturated heterocycles. The molecule has 0 bridgehead atoms. The summed E-state index contributed by atoms with van der Waals surface area (Å²) in [4.78, 5) is 24.5. The van der Waals surface area contributed by atoms with E-state index in [2.05, 4.69) is 26.0 Å². The number of rotatable bonds is 5. The maximum absolute atomic E-state index is 13.0. The molecule has 0 aromatic heterocycles. The van der Waals surface area contributed by atoms with Gasteiger partial charge in [0.2, 0.25) is 0 Å². The third kappa shape index (κ3) is 5.97. The van der Waals surface area contributed by atoms with Gasteiger partial charge in [-0.1, -0.05) is 34.1 Å². The monoisotopic (exact) mass is 497 g/mol. The van der Waals surface area contributed by atoms with E-state index in [4.69, 9.17) is 0 Å². The highest BCUT2D eigenvalue weighted by Gasteiger charge is 2.38. The molecule has 0 unspecified atom stereocenters. The van der Waals surface area contributed by atoms with Gasteiger partial charge in [0.05, 0.1) is 18.2 Å². The first-order valence-electron chi connectivity index (χ1n) is 8.24. The molecule has 0 aliphatic rings. The van der Waals surface area contributed by atoms with Crippen LogP contribution in [-0.4, -0.2) is 25.0 Å². The van der Waals surface area contributed by atoms with Crippen LogP contribution in [0.3, 0.4) is 0 Å². The minimum atomic E-state index is -5.10. The molecule has 4 nitrogen and oxygen atoms in total. The summed E-state index contributed by atoms with van der Waals surface area (Å²) in [5.41, 5.74) is -3.60. The van der Waals surface area contributed by atoms with Gasteiger partial charge in [0.1, 0.15) is 6.04 Å². The largest absolute Gasteiger partial charge is 0.467 e. The average molecular weight is 498 g/mol. The standard InChI is InChI=1S/C19H14BrF6NO3/c1-30-17(29)15(8-10-4-2-3-5-14(10)20)27-16(28)11-6-12(18(21,22)23)9-13(7-11)19(24,25)26/h2-7,9,15H,8H2,1H3,(H,27,28)/t15-/m0/s1. The molecule has 1 amide bonds. The number of halogens is 7. The summed E-state index contributed by atoms with van der Waals surface area (Å²) < 4.78 is 83.2. The number of nitrogens with one attached hydrogen (secondary N) is 1. The Kier molecular flexibility index (Phi) is 7.17. The van der Waals surface area contributed by atoms with Crippen molar-refractivity contribution in [2.75, 3.05) is 7.11 Å². The van der Waals surface area contributed by atoms with Gasteiger partial charge >= 0.3 is 18.3 Å². The lowest BCUT2D eigenvalue weighted by Gasteiger charge is -2.19. The maximum atomic E-state index is 13.0. The average Bonchev–Trinajstić information content (AvgIpc) is 2.66. The molecule has 0 spiro atoms. The summed E-state index contributed by atoms with van der Waals surface area (Å²) in [6, 6.07) is 5.78. The Balaban J connectivity index is 2.39. The van der Waals surface area contributed by atoms with E-state index in [0.29, 0.717) is 10.0 Å². The SMILES string of the molecule is COC(=O)[C@H](Cc1ccccc1Br)NC(=O)c1cc(C(F)(F)F)cc(C(F)(F)F)c1. The second-order valence-corrected chi connectivity index (χ2v) is 6.99. The van der Waals surface area contributed by atoms with E-state index in [1.165, 1.54) is 0 Å². The van der Waals surface area contributed by atoms with Crippen molar-refractivity contribution in [3.63, 3.8) is 0 Å². The number of esters is 1. The molecule has 0 fully saturated rings. The number of methoxy groups -OCH3 is 1. The van der Waals surface area contributed by atoms with E-state index < -0.39 is 47.0 Å². The van der Waals surface area contributed by atoms with Crippen molar-refractivity contribution in [3.05, 3.63) is 69.2 Å². The van der Waals surface area contributed by atoms with E-state index >= 15 is 0 Å². The zero-order valence-electron chi connectivity index (χ0n) is 15.2. The van der Waals surface area contributed by atoms with E-state index in [1.54, 1.807) is 24.3 Å². The lowest BCUT2D eigenvalue weighted by atomic mass is 10.0. The van der Waals surface area contributed by atoms with Crippen molar-refractivity contribution in [1.82, 2.24) is 5.32 Å². The summed E-state index contributed by atoms with van der Waals surface area (Å²) in [6.07, 6.45) is -10.3. The fourth-order valence-electron chi connectivity index (χ4n) is 2.55. The number of carbonyl (C=O) groups is 2. The molecule has 30 heavy (non-hydrogen) atoms. The van der Waals surface area contributed by atoms with Crippen LogP contribution in [0.5, 0.6) is 0 Å². The topological polar surface area (TPSA) is 55.4 Å². The van der Waals surface area contributed by atoms with E-state index in [9.17, 15) is 35.9 Å². The Morgan fingerprint density at radius 1 is 1.00 bits per heavy atom. The van der Waals surface area contributed by atoms with Crippen LogP contribution in [0.1, 0.15) is 27.0 Å². The van der Waals surface area contributed by atoms with Gasteiger partial charge in [-0.3, -0.25) is 4.79 Å². The first-order chi connectivity index (χ1) is 13.8. The minimum absolute atomic E-state index is 0.0876. The normalized spacial score (nSPS) is 12.9. The summed E-state index contributed by atoms with van der Waals surface area (Å²) in [5.74, 6) is -2.20. The van der Waals surface area contributed by atoms with Gasteiger partial charge in [0, 0.05) is 16.5 Å². The van der Waals surface area contributed by atoms with Gasteiger partial charge < -0.3 is 10.1 Å². The quantitative estimate of drug-likeness (QED) is 0.467. The molecule has 11 heteroatoms. The lowest BCUT2D eigenvalue weighted by Crippen LogP contribution is -2.43. The minimum Gasteiger partial charge on any atom is -0.467 e. The maximum Gasteiger partial charge on any atom is 0.416 e. The fraction of sp³-hybridized carbons (Fsp3) is 0.263. The molecular formula is C19H14BrF6NO3. The predicted octanol–water partition coefficient (Wildman–Crippen LogP) is 5.00. The zero-order chi connectivity index (χ0) is 22.7. The fourth-order valence-corrected chi connectivity index (χ4v) is 2.99. The number of hydrogen-bond acceptors (Lipinski definition) is 3. The third-order valence-electron chi connectivity index (χ3n) is 4.02. The Hall–Kier alpha value is -2.56. The van der Waals surface area contributed by atoms with Crippen LogP contribution in [0.15, 0.2) is 46.9 Å². The lowest BCUT2D eigenvalue weighted by molar-refractivity contribution is -0.144. The molecule has 0 aliphatic carbocycles. The Bertz CT molecular complexity index is 910. The van der Waals surface area contributed by atoms with Crippen molar-refractivity contribution in [1.29, 1.82) is 0 Å². The third-order valence-corrected chi connectivity index (χ3v) is 4.80. The smallest absolute Gasteiger partial charge is 0.416 e. The summed E-state index contributed by atoms with van der Waals surface area (Å²) in [7, 11) is 1.04. The molecule has 1 atom stereocenters. The van der Waals surface area contributed by atoms with Gasteiger partial charge in [-0.2, -0.15) is 26.3 Å². The Morgan fingerprint density at radius 2 is 1.53 bits per heavy atom. The number of amides is 1. The summed E-state index contributed by atoms with van der Waals surface area (Å²) >= 11 is 3.25. The first-order valence-corrected chi connectivity index (χ1v) is 9.04. The predicted molar refractivity (Wildman–Crippen MR) is 97.6 cm³/mol. The number of benzene rings is 2. The van der Waals surface area contributed by atoms with Gasteiger partial charge in [0.25, 0.3) is 5.91 Å². The van der Waals surface area contributed by atoms with Crippen LogP contribution in [0.2, 0.25) is 0 Å². The van der Waals surface area contributed by atoms with Gasteiger partial charge in [-0.05, 0) is 29.8 Å². The van der Waals surface area contributed by atoms with Crippen LogP contribution in [0.4, 0.5) is 26.3 Å². The van der Waals surface area contributed by atoms with E-state index in [-0.39, 0.29) is 24.6 Å². The molecule has 0 aliphatic heterocycles. The molecule has 2 aromatic rings. The van der Waals surface area contributed by atoms with Crippen LogP contribution in [0.25, 0.3) is 0 Å². The molecule has 162 valence electrons. The van der Waals surface area contributed by atoms with Crippen LogP contribution < -0.4 is 5.32 Å². The van der Waals surface area contributed by atoms with E-state index in [1.807, 2.05) is 0 Å². The van der Waals surface area contributed by atoms with Crippen LogP contribution >= 0.6 is 15.9 Å². The van der Waals surface area contributed by atoms with Gasteiger partial charge in [0.15, 0.2) is 0 Å². The molecule has 0 radical (unpaired) electrons. The molecule has 0 heterocycles. The number of ether oxygens (including phenoxy) is 1. The molecule has 2 aromatic carbocycles. The molecule has 0 saturated carbocycles. The molecule has 2 rings (SSSR count). The van der Waals surface area contributed by atoms with Crippen molar-refractivity contribution in [2.45, 2.75) is 24.8 Å². The molecular weight excluding hydrogens is 484 g/mol. The second kappa shape index (κ2) is 9.07. The van der Waals surface area contributed by atoms with Crippen molar-refractivity contribution in [3.8, 4) is 0 Å². The van der Waals surface area contributed by atoms with Gasteiger partial charge in [-0.15, -0.1) is 0 Å². The van der Waals surface area contributed by atoms with Crippen molar-refractivity contribution >= 4 is 27.8 Å². The number of carbonyl (C=O) groups excluding carboxylic acids is 2. The zero-order valence-corrected chi connectivity index (χ0v) is 16.8. The number of hydrogen-bond donors (Lipinski definition) is 1. The van der Waals surface area contributed by atoms with Gasteiger partial charge in [-0.25, -0.2) is 4.79 Å². The highest BCUT2D eigenvalue weighted by molar-refractivity contribution is 9.10. The van der Waals surface area contributed by atoms with Crippen LogP contribution in [-0.2, 0) is 28.3 Å². The van der Waals surface area contributed by atoms with Crippen LogP contribution in [0, 0.1) is 0 Å². The molecule has 1 N–H and O–H groups in total. The van der Waals surface area contributed by atoms with E-state index in [0.717, 1.165) is 7.11 Å². The summed E-state index contributed by atoms with van der Waals surface area (Å²) in [6.45, 7) is 0. The Morgan fingerprint density at radius 3 is 2.00 bits per heavy atom. The second-order valence-electron chi connectivity index (χ2n) is 6.14. The number of alkyl halides is 6. The first kappa shape index (κ1) is 23.7.